The molecule has 0 aromatic heterocycles. The van der Waals surface area contributed by atoms with Gasteiger partial charge in [-0.2, -0.15) is 0 Å². The summed E-state index contributed by atoms with van der Waals surface area (Å²) in [6, 6.07) is 0. The van der Waals surface area contributed by atoms with E-state index in [1.54, 1.807) is 18.2 Å². The highest BCUT2D eigenvalue weighted by atomic mass is 16.6. The maximum atomic E-state index is 12.0. The topological polar surface area (TPSA) is 96.0 Å². The second-order valence-corrected chi connectivity index (χ2v) is 5.95. The molecule has 0 amide bonds. The van der Waals surface area contributed by atoms with E-state index >= 15 is 0 Å². The minimum absolute atomic E-state index is 0.0487. The number of carbonyl (C=O) groups excluding carboxylic acids is 4. The maximum absolute atomic E-state index is 12.0. The first-order valence-corrected chi connectivity index (χ1v) is 7.92. The average molecular weight is 348 g/mol. The van der Waals surface area contributed by atoms with Crippen molar-refractivity contribution in [3.05, 3.63) is 36.0 Å². The van der Waals surface area contributed by atoms with Gasteiger partial charge in [0.2, 0.25) is 0 Å². The molecule has 1 fully saturated rings. The zero-order valence-corrected chi connectivity index (χ0v) is 13.9. The lowest BCUT2D eigenvalue weighted by Gasteiger charge is -2.31. The van der Waals surface area contributed by atoms with Crippen molar-refractivity contribution in [1.29, 1.82) is 0 Å². The third-order valence-electron chi connectivity index (χ3n) is 4.30. The molecule has 2 rings (SSSR count). The molecule has 1 aliphatic carbocycles. The van der Waals surface area contributed by atoms with Crippen molar-refractivity contribution >= 4 is 24.7 Å². The molecule has 4 unspecified atom stereocenters. The van der Waals surface area contributed by atoms with E-state index in [0.29, 0.717) is 24.9 Å². The highest BCUT2D eigenvalue weighted by Crippen LogP contribution is 2.38. The van der Waals surface area contributed by atoms with Crippen molar-refractivity contribution in [2.45, 2.75) is 32.0 Å². The molecular formula is C18H20O7. The second kappa shape index (κ2) is 8.41. The van der Waals surface area contributed by atoms with Crippen LogP contribution in [0.5, 0.6) is 0 Å². The molecule has 2 aliphatic rings. The quantitative estimate of drug-likeness (QED) is 0.319. The normalized spacial score (nSPS) is 29.1. The zero-order chi connectivity index (χ0) is 18.4. The maximum Gasteiger partial charge on any atom is 0.334 e. The minimum Gasteiger partial charge on any atom is -0.467 e. The van der Waals surface area contributed by atoms with Gasteiger partial charge in [-0.25, -0.2) is 4.79 Å². The van der Waals surface area contributed by atoms with Crippen LogP contribution < -0.4 is 0 Å². The molecule has 0 spiro atoms. The van der Waals surface area contributed by atoms with Gasteiger partial charge in [-0.05, 0) is 18.4 Å². The zero-order valence-electron chi connectivity index (χ0n) is 13.9. The number of ether oxygens (including phenoxy) is 3. The van der Waals surface area contributed by atoms with E-state index in [4.69, 9.17) is 14.2 Å². The van der Waals surface area contributed by atoms with Crippen molar-refractivity contribution in [1.82, 2.24) is 0 Å². The molecule has 7 nitrogen and oxygen atoms in total. The molecule has 1 heterocycles. The molecule has 134 valence electrons. The summed E-state index contributed by atoms with van der Waals surface area (Å²) in [5.41, 5.74) is 0.752. The Morgan fingerprint density at radius 3 is 2.84 bits per heavy atom. The first kappa shape index (κ1) is 18.6. The number of rotatable bonds is 5. The number of allylic oxidation sites excluding steroid dienone is 3. The smallest absolute Gasteiger partial charge is 0.334 e. The van der Waals surface area contributed by atoms with Gasteiger partial charge >= 0.3 is 11.9 Å². The molecule has 0 aromatic rings. The number of aldehydes is 1. The van der Waals surface area contributed by atoms with Gasteiger partial charge in [0.15, 0.2) is 0 Å². The Morgan fingerprint density at radius 1 is 1.44 bits per heavy atom. The Labute approximate surface area is 145 Å². The lowest BCUT2D eigenvalue weighted by atomic mass is 9.81. The fourth-order valence-electron chi connectivity index (χ4n) is 3.14. The van der Waals surface area contributed by atoms with Crippen LogP contribution in [0.3, 0.4) is 0 Å². The monoisotopic (exact) mass is 348 g/mol. The van der Waals surface area contributed by atoms with Crippen LogP contribution in [-0.2, 0) is 33.4 Å². The number of carbonyl (C=O) groups is 4. The van der Waals surface area contributed by atoms with Crippen LogP contribution >= 0.6 is 0 Å². The van der Waals surface area contributed by atoms with Crippen LogP contribution in [0, 0.1) is 11.8 Å². The Morgan fingerprint density at radius 2 is 2.20 bits per heavy atom. The van der Waals surface area contributed by atoms with E-state index in [0.717, 1.165) is 6.29 Å². The molecule has 7 heteroatoms. The van der Waals surface area contributed by atoms with Crippen molar-refractivity contribution < 1.29 is 33.4 Å². The van der Waals surface area contributed by atoms with Gasteiger partial charge in [0.05, 0.1) is 5.92 Å². The van der Waals surface area contributed by atoms with Gasteiger partial charge in [0, 0.05) is 18.4 Å². The van der Waals surface area contributed by atoms with Crippen LogP contribution in [-0.4, -0.2) is 43.5 Å². The first-order chi connectivity index (χ1) is 12.0. The van der Waals surface area contributed by atoms with Gasteiger partial charge < -0.3 is 14.2 Å². The first-order valence-electron chi connectivity index (χ1n) is 7.92. The molecular weight excluding hydrogens is 328 g/mol. The van der Waals surface area contributed by atoms with Gasteiger partial charge in [-0.3, -0.25) is 14.4 Å². The molecule has 4 atom stereocenters. The standard InChI is InChI=1S/C18H20O7/c1-11-16-15(25-18(11)22)7-6-13(8-19)4-3-5-14(9-23-10-20)17(16)24-12(2)21/h3-5,8,10,14-17H,1,6-7,9H2,2H3. The van der Waals surface area contributed by atoms with Crippen molar-refractivity contribution in [3.8, 4) is 0 Å². The lowest BCUT2D eigenvalue weighted by molar-refractivity contribution is -0.154. The summed E-state index contributed by atoms with van der Waals surface area (Å²) in [4.78, 5) is 45.3. The Balaban J connectivity index is 2.45. The molecule has 1 saturated heterocycles. The lowest BCUT2D eigenvalue weighted by Crippen LogP contribution is -2.40. The summed E-state index contributed by atoms with van der Waals surface area (Å²) < 4.78 is 15.7. The van der Waals surface area contributed by atoms with E-state index < -0.39 is 36.0 Å². The van der Waals surface area contributed by atoms with Gasteiger partial charge in [-0.1, -0.05) is 24.8 Å². The average Bonchev–Trinajstić information content (AvgIpc) is 2.86. The predicted molar refractivity (Wildman–Crippen MR) is 86.1 cm³/mol. The summed E-state index contributed by atoms with van der Waals surface area (Å²) in [5, 5.41) is 0. The number of hydrogen-bond acceptors (Lipinski definition) is 7. The highest BCUT2D eigenvalue weighted by Gasteiger charge is 2.47. The number of esters is 2. The summed E-state index contributed by atoms with van der Waals surface area (Å²) in [6.07, 6.45) is 5.18. The Bertz CT molecular complexity index is 631. The van der Waals surface area contributed by atoms with E-state index in [-0.39, 0.29) is 12.2 Å². The van der Waals surface area contributed by atoms with Crippen LogP contribution in [0.2, 0.25) is 0 Å². The summed E-state index contributed by atoms with van der Waals surface area (Å²) >= 11 is 0. The fraction of sp³-hybridized carbons (Fsp3) is 0.444. The van der Waals surface area contributed by atoms with E-state index in [1.807, 2.05) is 0 Å². The minimum atomic E-state index is -0.774. The molecule has 25 heavy (non-hydrogen) atoms. The summed E-state index contributed by atoms with van der Waals surface area (Å²) in [7, 11) is 0. The predicted octanol–water partition coefficient (Wildman–Crippen LogP) is 1.28. The summed E-state index contributed by atoms with van der Waals surface area (Å²) in [6.45, 7) is 5.29. The second-order valence-electron chi connectivity index (χ2n) is 5.95. The van der Waals surface area contributed by atoms with Crippen LogP contribution in [0.4, 0.5) is 0 Å². The van der Waals surface area contributed by atoms with Crippen LogP contribution in [0.25, 0.3) is 0 Å². The van der Waals surface area contributed by atoms with Gasteiger partial charge in [-0.15, -0.1) is 0 Å². The van der Waals surface area contributed by atoms with Crippen LogP contribution in [0.15, 0.2) is 36.0 Å². The molecule has 1 aliphatic heterocycles. The Kier molecular flexibility index (Phi) is 6.27. The SMILES string of the molecule is C=C1C(=O)OC2CCC(C=O)=CC=CC(COC=O)C(OC(C)=O)C12. The Hall–Kier alpha value is -2.70. The van der Waals surface area contributed by atoms with E-state index in [9.17, 15) is 19.2 Å². The third-order valence-corrected chi connectivity index (χ3v) is 4.30. The molecule has 0 aromatic carbocycles. The van der Waals surface area contributed by atoms with Crippen LogP contribution in [0.1, 0.15) is 19.8 Å². The van der Waals surface area contributed by atoms with Crippen molar-refractivity contribution in [2.24, 2.45) is 11.8 Å². The van der Waals surface area contributed by atoms with Gasteiger partial charge in [0.25, 0.3) is 6.47 Å². The van der Waals surface area contributed by atoms with E-state index in [2.05, 4.69) is 6.58 Å². The fourth-order valence-corrected chi connectivity index (χ4v) is 3.14. The highest BCUT2D eigenvalue weighted by molar-refractivity contribution is 5.91. The van der Waals surface area contributed by atoms with E-state index in [1.165, 1.54) is 6.92 Å². The molecule has 0 saturated carbocycles. The summed E-state index contributed by atoms with van der Waals surface area (Å²) in [5.74, 6) is -2.17. The molecule has 0 radical (unpaired) electrons. The van der Waals surface area contributed by atoms with Crippen molar-refractivity contribution in [3.63, 3.8) is 0 Å². The number of fused-ring (bicyclic) bond motifs is 1. The number of hydrogen-bond donors (Lipinski definition) is 0. The van der Waals surface area contributed by atoms with Crippen molar-refractivity contribution in [2.75, 3.05) is 6.61 Å². The third kappa shape index (κ3) is 4.43. The molecule has 0 N–H and O–H groups in total. The van der Waals surface area contributed by atoms with Gasteiger partial charge in [0.1, 0.15) is 25.1 Å². The largest absolute Gasteiger partial charge is 0.467 e. The molecule has 0 bridgehead atoms.